The molecule has 1 unspecified atom stereocenters. The van der Waals surface area contributed by atoms with Crippen molar-refractivity contribution in [1.82, 2.24) is 0 Å². The predicted molar refractivity (Wildman–Crippen MR) is 316 cm³/mol. The van der Waals surface area contributed by atoms with E-state index >= 15 is 0 Å². The normalized spacial score (nSPS) is 13.0. The van der Waals surface area contributed by atoms with E-state index in [4.69, 9.17) is 14.2 Å². The molecule has 0 bridgehead atoms. The number of hydrogen-bond acceptors (Lipinski definition) is 6. The standard InChI is InChI=1S/C67H110O6/c1-4-7-10-13-16-19-22-25-27-29-30-31-32-33-34-35-36-37-38-39-41-42-45-48-51-54-57-60-66(69)72-63-64(62-71-65(68)59-56-53-50-47-44-24-21-18-15-12-9-6-3)73-67(70)61-58-55-52-49-46-43-40-28-26-23-20-17-14-11-8-5-2/h7,10,16,18-21,23,25,27-28,30-31,33-34,36-37,39-41,64H,4-6,8-9,11-15,17,22,24,26,29,32,35,38,42-63H2,1-3H3/b10-7-,19-16-,21-18-,23-20-,27-25-,31-30-,34-33-,37-36-,40-28-,41-39-. The molecule has 0 aromatic heterocycles. The van der Waals surface area contributed by atoms with E-state index in [2.05, 4.69) is 142 Å². The monoisotopic (exact) mass is 1010 g/mol. The molecule has 0 amide bonds. The molecular formula is C67H110O6. The van der Waals surface area contributed by atoms with Crippen molar-refractivity contribution in [3.8, 4) is 0 Å². The maximum atomic E-state index is 12.9. The first-order valence-electron chi connectivity index (χ1n) is 30.0. The van der Waals surface area contributed by atoms with E-state index in [0.717, 1.165) is 161 Å². The first kappa shape index (κ1) is 68.8. The fraction of sp³-hybridized carbons (Fsp3) is 0.657. The van der Waals surface area contributed by atoms with Gasteiger partial charge in [-0.3, -0.25) is 14.4 Å². The van der Waals surface area contributed by atoms with Crippen molar-refractivity contribution in [2.24, 2.45) is 0 Å². The van der Waals surface area contributed by atoms with Crippen molar-refractivity contribution in [3.63, 3.8) is 0 Å². The third kappa shape index (κ3) is 58.6. The van der Waals surface area contributed by atoms with E-state index < -0.39 is 6.10 Å². The minimum absolute atomic E-state index is 0.0967. The lowest BCUT2D eigenvalue weighted by Gasteiger charge is -2.18. The molecule has 0 heterocycles. The number of allylic oxidation sites excluding steroid dienone is 20. The van der Waals surface area contributed by atoms with Gasteiger partial charge < -0.3 is 14.2 Å². The van der Waals surface area contributed by atoms with Crippen molar-refractivity contribution in [2.45, 2.75) is 271 Å². The van der Waals surface area contributed by atoms with Crippen molar-refractivity contribution < 1.29 is 28.6 Å². The van der Waals surface area contributed by atoms with Gasteiger partial charge in [0.1, 0.15) is 13.2 Å². The smallest absolute Gasteiger partial charge is 0.306 e. The lowest BCUT2D eigenvalue weighted by atomic mass is 10.1. The first-order valence-corrected chi connectivity index (χ1v) is 30.0. The highest BCUT2D eigenvalue weighted by Gasteiger charge is 2.19. The summed E-state index contributed by atoms with van der Waals surface area (Å²) in [6, 6.07) is 0. The van der Waals surface area contributed by atoms with E-state index in [-0.39, 0.29) is 31.1 Å². The number of rotatable bonds is 53. The quantitative estimate of drug-likeness (QED) is 0.0261. The average molecular weight is 1010 g/mol. The van der Waals surface area contributed by atoms with Crippen LogP contribution in [0.15, 0.2) is 122 Å². The second-order valence-electron chi connectivity index (χ2n) is 19.5. The lowest BCUT2D eigenvalue weighted by molar-refractivity contribution is -0.167. The zero-order valence-corrected chi connectivity index (χ0v) is 47.4. The Kier molecular flexibility index (Phi) is 56.9. The third-order valence-corrected chi connectivity index (χ3v) is 12.4. The van der Waals surface area contributed by atoms with E-state index in [9.17, 15) is 14.4 Å². The Labute approximate surface area is 450 Å². The summed E-state index contributed by atoms with van der Waals surface area (Å²) in [7, 11) is 0. The second kappa shape index (κ2) is 60.4. The maximum absolute atomic E-state index is 12.9. The van der Waals surface area contributed by atoms with Gasteiger partial charge in [-0.15, -0.1) is 0 Å². The molecule has 0 fully saturated rings. The van der Waals surface area contributed by atoms with E-state index in [1.54, 1.807) is 0 Å². The Hall–Kier alpha value is -4.19. The molecule has 0 aliphatic heterocycles. The molecule has 1 atom stereocenters. The number of unbranched alkanes of at least 4 members (excludes halogenated alkanes) is 22. The van der Waals surface area contributed by atoms with Crippen LogP contribution >= 0.6 is 0 Å². The zero-order chi connectivity index (χ0) is 52.9. The zero-order valence-electron chi connectivity index (χ0n) is 47.4. The van der Waals surface area contributed by atoms with Crippen molar-refractivity contribution in [1.29, 1.82) is 0 Å². The highest BCUT2D eigenvalue weighted by molar-refractivity contribution is 5.71. The SMILES string of the molecule is CC/C=C\C/C=C\C/C=C\C/C=C\C/C=C\C/C=C\C/C=C\CCCCCCCC(=O)OCC(COC(=O)CCCCCCC/C=C\CCCCC)OC(=O)CCCCCCC/C=C\C/C=C\CCCCCC. The number of hydrogen-bond donors (Lipinski definition) is 0. The van der Waals surface area contributed by atoms with E-state index in [0.29, 0.717) is 19.3 Å². The van der Waals surface area contributed by atoms with Crippen LogP contribution in [0.4, 0.5) is 0 Å². The van der Waals surface area contributed by atoms with Gasteiger partial charge >= 0.3 is 17.9 Å². The molecule has 73 heavy (non-hydrogen) atoms. The molecule has 0 spiro atoms. The lowest BCUT2D eigenvalue weighted by Crippen LogP contribution is -2.30. The highest BCUT2D eigenvalue weighted by Crippen LogP contribution is 2.14. The van der Waals surface area contributed by atoms with Gasteiger partial charge in [0.15, 0.2) is 6.10 Å². The van der Waals surface area contributed by atoms with Crippen LogP contribution in [-0.4, -0.2) is 37.2 Å². The van der Waals surface area contributed by atoms with Crippen LogP contribution in [0.25, 0.3) is 0 Å². The van der Waals surface area contributed by atoms with Crippen LogP contribution in [0.2, 0.25) is 0 Å². The summed E-state index contributed by atoms with van der Waals surface area (Å²) >= 11 is 0. The highest BCUT2D eigenvalue weighted by atomic mass is 16.6. The summed E-state index contributed by atoms with van der Waals surface area (Å²) in [5, 5.41) is 0. The summed E-state index contributed by atoms with van der Waals surface area (Å²) in [4.78, 5) is 38.2. The molecule has 0 aromatic carbocycles. The van der Waals surface area contributed by atoms with Gasteiger partial charge in [0.05, 0.1) is 0 Å². The first-order chi connectivity index (χ1) is 36.0. The molecular weight excluding hydrogens is 901 g/mol. The number of carbonyl (C=O) groups excluding carboxylic acids is 3. The predicted octanol–water partition coefficient (Wildman–Crippen LogP) is 20.4. The molecule has 0 saturated heterocycles. The maximum Gasteiger partial charge on any atom is 0.306 e. The molecule has 0 aromatic rings. The molecule has 0 saturated carbocycles. The summed E-state index contributed by atoms with van der Waals surface area (Å²) in [5.74, 6) is -0.939. The van der Waals surface area contributed by atoms with E-state index in [1.165, 1.54) is 64.2 Å². The molecule has 0 N–H and O–H groups in total. The van der Waals surface area contributed by atoms with Gasteiger partial charge in [-0.2, -0.15) is 0 Å². The van der Waals surface area contributed by atoms with Crippen molar-refractivity contribution in [2.75, 3.05) is 13.2 Å². The Morgan fingerprint density at radius 2 is 0.534 bits per heavy atom. The largest absolute Gasteiger partial charge is 0.462 e. The fourth-order valence-electron chi connectivity index (χ4n) is 7.92. The number of ether oxygens (including phenoxy) is 3. The number of esters is 3. The number of carbonyl (C=O) groups is 3. The molecule has 6 heteroatoms. The molecule has 0 aliphatic carbocycles. The van der Waals surface area contributed by atoms with Crippen molar-refractivity contribution >= 4 is 17.9 Å². The van der Waals surface area contributed by atoms with Crippen LogP contribution in [0, 0.1) is 0 Å². The Bertz CT molecular complexity index is 1540. The molecule has 414 valence electrons. The van der Waals surface area contributed by atoms with Crippen molar-refractivity contribution in [3.05, 3.63) is 122 Å². The van der Waals surface area contributed by atoms with Gasteiger partial charge in [-0.05, 0) is 135 Å². The second-order valence-corrected chi connectivity index (χ2v) is 19.5. The van der Waals surface area contributed by atoms with Crippen LogP contribution < -0.4 is 0 Å². The Morgan fingerprint density at radius 3 is 0.877 bits per heavy atom. The summed E-state index contributed by atoms with van der Waals surface area (Å²) < 4.78 is 16.8. The summed E-state index contributed by atoms with van der Waals surface area (Å²) in [6.45, 7) is 6.45. The Balaban J connectivity index is 4.39. The summed E-state index contributed by atoms with van der Waals surface area (Å²) in [5.41, 5.74) is 0. The minimum Gasteiger partial charge on any atom is -0.462 e. The van der Waals surface area contributed by atoms with Gasteiger partial charge in [-0.1, -0.05) is 232 Å². The molecule has 6 nitrogen and oxygen atoms in total. The van der Waals surface area contributed by atoms with Gasteiger partial charge in [0.25, 0.3) is 0 Å². The van der Waals surface area contributed by atoms with Crippen LogP contribution in [0.3, 0.4) is 0 Å². The van der Waals surface area contributed by atoms with Crippen LogP contribution in [0.1, 0.15) is 265 Å². The van der Waals surface area contributed by atoms with Gasteiger partial charge in [0.2, 0.25) is 0 Å². The van der Waals surface area contributed by atoms with E-state index in [1.807, 2.05) is 0 Å². The summed E-state index contributed by atoms with van der Waals surface area (Å²) in [6.07, 6.45) is 83.3. The Morgan fingerprint density at radius 1 is 0.288 bits per heavy atom. The van der Waals surface area contributed by atoms with Gasteiger partial charge in [0, 0.05) is 19.3 Å². The van der Waals surface area contributed by atoms with Crippen LogP contribution in [0.5, 0.6) is 0 Å². The third-order valence-electron chi connectivity index (χ3n) is 12.4. The average Bonchev–Trinajstić information content (AvgIpc) is 3.39. The van der Waals surface area contributed by atoms with Gasteiger partial charge in [-0.25, -0.2) is 0 Å². The molecule has 0 radical (unpaired) electrons. The minimum atomic E-state index is -0.800. The fourth-order valence-corrected chi connectivity index (χ4v) is 7.92. The topological polar surface area (TPSA) is 78.9 Å². The van der Waals surface area contributed by atoms with Crippen LogP contribution in [-0.2, 0) is 28.6 Å². The molecule has 0 rings (SSSR count). The molecule has 0 aliphatic rings.